The third-order valence-electron chi connectivity index (χ3n) is 5.11. The fraction of sp³-hybridized carbons (Fsp3) is 0.722. The van der Waals surface area contributed by atoms with Gasteiger partial charge in [0, 0.05) is 44.6 Å². The number of rotatable bonds is 6. The number of hydrogen-bond acceptors (Lipinski definition) is 5. The maximum absolute atomic E-state index is 12.4. The second-order valence-corrected chi connectivity index (χ2v) is 6.77. The summed E-state index contributed by atoms with van der Waals surface area (Å²) in [6.45, 7) is 1.55. The lowest BCUT2D eigenvalue weighted by molar-refractivity contribution is -0.133. The van der Waals surface area contributed by atoms with Gasteiger partial charge in [0.25, 0.3) is 0 Å². The highest BCUT2D eigenvalue weighted by molar-refractivity contribution is 5.76. The Balaban J connectivity index is 1.40. The molecule has 1 amide bonds. The summed E-state index contributed by atoms with van der Waals surface area (Å²) in [5, 5.41) is 0. The van der Waals surface area contributed by atoms with Crippen LogP contribution in [-0.4, -0.2) is 47.1 Å². The van der Waals surface area contributed by atoms with Crippen LogP contribution in [0, 0.1) is 5.92 Å². The quantitative estimate of drug-likeness (QED) is 0.801. The molecule has 2 fully saturated rings. The van der Waals surface area contributed by atoms with Crippen LogP contribution in [0.3, 0.4) is 0 Å². The van der Waals surface area contributed by atoms with Gasteiger partial charge in [-0.15, -0.1) is 0 Å². The monoisotopic (exact) mass is 333 g/mol. The summed E-state index contributed by atoms with van der Waals surface area (Å²) in [7, 11) is 1.54. The predicted molar refractivity (Wildman–Crippen MR) is 90.0 cm³/mol. The van der Waals surface area contributed by atoms with Gasteiger partial charge in [-0.2, -0.15) is 4.98 Å². The van der Waals surface area contributed by atoms with E-state index in [1.54, 1.807) is 12.3 Å². The van der Waals surface area contributed by atoms with Crippen molar-refractivity contribution in [1.29, 1.82) is 0 Å². The number of methoxy groups -OCH3 is 1. The summed E-state index contributed by atoms with van der Waals surface area (Å²) in [4.78, 5) is 22.5. The molecule has 1 saturated heterocycles. The Bertz CT molecular complexity index is 538. The average molecular weight is 333 g/mol. The Morgan fingerprint density at radius 3 is 2.71 bits per heavy atom. The van der Waals surface area contributed by atoms with E-state index in [4.69, 9.17) is 9.47 Å². The maximum Gasteiger partial charge on any atom is 0.319 e. The third kappa shape index (κ3) is 4.58. The summed E-state index contributed by atoms with van der Waals surface area (Å²) < 4.78 is 10.9. The van der Waals surface area contributed by atoms with E-state index in [2.05, 4.69) is 9.97 Å². The number of carbonyl (C=O) groups excluding carboxylic acids is 1. The number of piperidine rings is 1. The maximum atomic E-state index is 12.4. The highest BCUT2D eigenvalue weighted by Gasteiger charge is 2.25. The van der Waals surface area contributed by atoms with Gasteiger partial charge < -0.3 is 14.4 Å². The van der Waals surface area contributed by atoms with Crippen LogP contribution in [0.25, 0.3) is 0 Å². The number of likely N-dealkylation sites (tertiary alicyclic amines) is 1. The molecule has 132 valence electrons. The standard InChI is InChI=1S/C18H27N3O3/c1-23-18-19-11-8-16(20-18)24-15-9-12-21(13-10-15)17(22)7-6-14-4-2-3-5-14/h8,11,14-15H,2-7,9-10,12-13H2,1H3. The van der Waals surface area contributed by atoms with Gasteiger partial charge in [0.1, 0.15) is 6.10 Å². The van der Waals surface area contributed by atoms with Gasteiger partial charge in [-0.25, -0.2) is 4.98 Å². The van der Waals surface area contributed by atoms with Crippen molar-refractivity contribution in [3.63, 3.8) is 0 Å². The van der Waals surface area contributed by atoms with Crippen LogP contribution in [0.1, 0.15) is 51.4 Å². The Labute approximate surface area is 143 Å². The molecule has 3 rings (SSSR count). The molecule has 1 aromatic heterocycles. The molecule has 0 radical (unpaired) electrons. The Morgan fingerprint density at radius 2 is 2.00 bits per heavy atom. The molecule has 0 spiro atoms. The van der Waals surface area contributed by atoms with Crippen molar-refractivity contribution in [3.8, 4) is 11.9 Å². The van der Waals surface area contributed by atoms with Gasteiger partial charge in [-0.05, 0) is 12.3 Å². The van der Waals surface area contributed by atoms with Gasteiger partial charge >= 0.3 is 6.01 Å². The second-order valence-electron chi connectivity index (χ2n) is 6.77. The summed E-state index contributed by atoms with van der Waals surface area (Å²) in [5.74, 6) is 1.62. The van der Waals surface area contributed by atoms with Crippen LogP contribution < -0.4 is 9.47 Å². The first-order valence-electron chi connectivity index (χ1n) is 9.06. The highest BCUT2D eigenvalue weighted by Crippen LogP contribution is 2.29. The molecule has 0 unspecified atom stereocenters. The van der Waals surface area contributed by atoms with E-state index in [1.807, 2.05) is 4.90 Å². The third-order valence-corrected chi connectivity index (χ3v) is 5.11. The van der Waals surface area contributed by atoms with Crippen molar-refractivity contribution >= 4 is 5.91 Å². The fourth-order valence-corrected chi connectivity index (χ4v) is 3.67. The molecule has 0 aromatic carbocycles. The molecule has 1 saturated carbocycles. The minimum Gasteiger partial charge on any atom is -0.474 e. The number of nitrogens with zero attached hydrogens (tertiary/aromatic N) is 3. The molecular formula is C18H27N3O3. The summed E-state index contributed by atoms with van der Waals surface area (Å²) in [5.41, 5.74) is 0. The number of hydrogen-bond donors (Lipinski definition) is 0. The van der Waals surface area contributed by atoms with E-state index in [0.717, 1.165) is 38.3 Å². The van der Waals surface area contributed by atoms with Gasteiger partial charge in [-0.3, -0.25) is 4.79 Å². The zero-order chi connectivity index (χ0) is 16.8. The van der Waals surface area contributed by atoms with Crippen molar-refractivity contribution in [1.82, 2.24) is 14.9 Å². The van der Waals surface area contributed by atoms with Crippen LogP contribution in [0.2, 0.25) is 0 Å². The Hall–Kier alpha value is -1.85. The van der Waals surface area contributed by atoms with Crippen molar-refractivity contribution in [2.75, 3.05) is 20.2 Å². The first kappa shape index (κ1) is 17.0. The van der Waals surface area contributed by atoms with E-state index < -0.39 is 0 Å². The SMILES string of the molecule is COc1nccc(OC2CCN(C(=O)CCC3CCCC3)CC2)n1. The molecule has 0 N–H and O–H groups in total. The lowest BCUT2D eigenvalue weighted by Gasteiger charge is -2.32. The van der Waals surface area contributed by atoms with Crippen LogP contribution in [-0.2, 0) is 4.79 Å². The number of amides is 1. The van der Waals surface area contributed by atoms with E-state index in [-0.39, 0.29) is 6.10 Å². The largest absolute Gasteiger partial charge is 0.474 e. The van der Waals surface area contributed by atoms with Gasteiger partial charge in [0.2, 0.25) is 11.8 Å². The van der Waals surface area contributed by atoms with Crippen LogP contribution in [0.15, 0.2) is 12.3 Å². The molecule has 2 heterocycles. The average Bonchev–Trinajstić information content (AvgIpc) is 3.14. The minimum atomic E-state index is 0.100. The van der Waals surface area contributed by atoms with Crippen LogP contribution >= 0.6 is 0 Å². The summed E-state index contributed by atoms with van der Waals surface area (Å²) in [6, 6.07) is 2.05. The van der Waals surface area contributed by atoms with Crippen LogP contribution in [0.4, 0.5) is 0 Å². The van der Waals surface area contributed by atoms with Crippen molar-refractivity contribution < 1.29 is 14.3 Å². The van der Waals surface area contributed by atoms with E-state index in [1.165, 1.54) is 32.8 Å². The zero-order valence-electron chi connectivity index (χ0n) is 14.4. The van der Waals surface area contributed by atoms with E-state index >= 15 is 0 Å². The molecular weight excluding hydrogens is 306 g/mol. The smallest absolute Gasteiger partial charge is 0.319 e. The fourth-order valence-electron chi connectivity index (χ4n) is 3.67. The second kappa shape index (κ2) is 8.31. The van der Waals surface area contributed by atoms with Gasteiger partial charge in [0.05, 0.1) is 7.11 Å². The first-order valence-corrected chi connectivity index (χ1v) is 9.06. The van der Waals surface area contributed by atoms with Crippen molar-refractivity contribution in [2.24, 2.45) is 5.92 Å². The Kier molecular flexibility index (Phi) is 5.88. The highest BCUT2D eigenvalue weighted by atomic mass is 16.5. The summed E-state index contributed by atoms with van der Waals surface area (Å²) in [6.07, 6.45) is 10.5. The van der Waals surface area contributed by atoms with E-state index in [9.17, 15) is 4.79 Å². The minimum absolute atomic E-state index is 0.100. The first-order chi connectivity index (χ1) is 11.7. The molecule has 1 aromatic rings. The lowest BCUT2D eigenvalue weighted by Crippen LogP contribution is -2.41. The molecule has 1 aliphatic carbocycles. The molecule has 0 bridgehead atoms. The summed E-state index contributed by atoms with van der Waals surface area (Å²) >= 11 is 0. The molecule has 2 aliphatic rings. The van der Waals surface area contributed by atoms with Gasteiger partial charge in [-0.1, -0.05) is 25.7 Å². The van der Waals surface area contributed by atoms with Gasteiger partial charge in [0.15, 0.2) is 0 Å². The Morgan fingerprint density at radius 1 is 1.25 bits per heavy atom. The van der Waals surface area contributed by atoms with E-state index in [0.29, 0.717) is 24.2 Å². The predicted octanol–water partition coefficient (Wildman–Crippen LogP) is 2.83. The number of carbonyl (C=O) groups is 1. The van der Waals surface area contributed by atoms with Crippen LogP contribution in [0.5, 0.6) is 11.9 Å². The lowest BCUT2D eigenvalue weighted by atomic mass is 10.0. The number of aromatic nitrogens is 2. The molecule has 24 heavy (non-hydrogen) atoms. The molecule has 0 atom stereocenters. The van der Waals surface area contributed by atoms with Crippen molar-refractivity contribution in [2.45, 2.75) is 57.5 Å². The normalized spacial score (nSPS) is 19.5. The topological polar surface area (TPSA) is 64.6 Å². The molecule has 1 aliphatic heterocycles. The zero-order valence-corrected chi connectivity index (χ0v) is 14.4. The van der Waals surface area contributed by atoms with Crippen molar-refractivity contribution in [3.05, 3.63) is 12.3 Å². The molecule has 6 nitrogen and oxygen atoms in total. The number of ether oxygens (including phenoxy) is 2. The molecule has 6 heteroatoms.